The van der Waals surface area contributed by atoms with E-state index in [1.165, 1.54) is 12.1 Å². The molecular weight excluding hydrogens is 309 g/mol. The van der Waals surface area contributed by atoms with Crippen molar-refractivity contribution in [2.45, 2.75) is 6.42 Å². The summed E-state index contributed by atoms with van der Waals surface area (Å²) in [5.41, 5.74) is 1.06. The quantitative estimate of drug-likeness (QED) is 0.856. The van der Waals surface area contributed by atoms with Crippen LogP contribution in [0.5, 0.6) is 11.5 Å². The lowest BCUT2D eigenvalue weighted by Crippen LogP contribution is -2.25. The molecule has 24 heavy (non-hydrogen) atoms. The number of nitrogens with one attached hydrogen (secondary N) is 1. The summed E-state index contributed by atoms with van der Waals surface area (Å²) in [4.78, 5) is 11.9. The predicted molar refractivity (Wildman–Crippen MR) is 89.8 cm³/mol. The predicted octanol–water partition coefficient (Wildman–Crippen LogP) is 3.43. The molecule has 1 N–H and O–H groups in total. The van der Waals surface area contributed by atoms with Crippen molar-refractivity contribution in [2.24, 2.45) is 0 Å². The zero-order chi connectivity index (χ0) is 16.8. The number of ether oxygens (including phenoxy) is 2. The molecule has 2 aromatic rings. The second-order valence-electron chi connectivity index (χ2n) is 5.33. The van der Waals surface area contributed by atoms with E-state index in [2.05, 4.69) is 5.32 Å². The largest absolute Gasteiger partial charge is 0.486 e. The lowest BCUT2D eigenvalue weighted by molar-refractivity contribution is 0.0950. The molecule has 1 aliphatic rings. The number of benzene rings is 2. The van der Waals surface area contributed by atoms with Crippen molar-refractivity contribution < 1.29 is 18.7 Å². The molecule has 4 nitrogen and oxygen atoms in total. The van der Waals surface area contributed by atoms with Gasteiger partial charge in [-0.2, -0.15) is 0 Å². The van der Waals surface area contributed by atoms with Crippen molar-refractivity contribution in [3.63, 3.8) is 0 Å². The standard InChI is InChI=1S/C19H18FNO3/c20-16-7-2-1-6-15(16)19(22)21-10-4-3-5-14-8-9-17-18(13-14)24-12-11-23-17/h1-3,5-9,13H,4,10-12H2,(H,21,22)/b5-3+. The van der Waals surface area contributed by atoms with E-state index in [9.17, 15) is 9.18 Å². The van der Waals surface area contributed by atoms with Crippen LogP contribution in [0.1, 0.15) is 22.3 Å². The molecule has 0 unspecified atom stereocenters. The highest BCUT2D eigenvalue weighted by atomic mass is 19.1. The number of amides is 1. The number of halogens is 1. The summed E-state index contributed by atoms with van der Waals surface area (Å²) in [5.74, 6) is 0.592. The fourth-order valence-electron chi connectivity index (χ4n) is 2.39. The van der Waals surface area contributed by atoms with Crippen LogP contribution in [0.25, 0.3) is 6.08 Å². The molecule has 0 aliphatic carbocycles. The van der Waals surface area contributed by atoms with E-state index in [0.717, 1.165) is 17.1 Å². The van der Waals surface area contributed by atoms with Crippen LogP contribution in [0.4, 0.5) is 4.39 Å². The maximum Gasteiger partial charge on any atom is 0.254 e. The fourth-order valence-corrected chi connectivity index (χ4v) is 2.39. The molecule has 0 atom stereocenters. The van der Waals surface area contributed by atoms with Gasteiger partial charge < -0.3 is 14.8 Å². The van der Waals surface area contributed by atoms with Crippen LogP contribution < -0.4 is 14.8 Å². The van der Waals surface area contributed by atoms with Crippen molar-refractivity contribution in [1.82, 2.24) is 5.32 Å². The summed E-state index contributed by atoms with van der Waals surface area (Å²) in [7, 11) is 0. The van der Waals surface area contributed by atoms with Crippen molar-refractivity contribution in [2.75, 3.05) is 19.8 Å². The van der Waals surface area contributed by atoms with Crippen molar-refractivity contribution in [3.8, 4) is 11.5 Å². The average molecular weight is 327 g/mol. The van der Waals surface area contributed by atoms with Crippen molar-refractivity contribution in [1.29, 1.82) is 0 Å². The Balaban J connectivity index is 1.49. The van der Waals surface area contributed by atoms with E-state index in [-0.39, 0.29) is 5.56 Å². The zero-order valence-corrected chi connectivity index (χ0v) is 13.1. The Kier molecular flexibility index (Phi) is 5.11. The minimum absolute atomic E-state index is 0.0633. The molecule has 0 aromatic heterocycles. The topological polar surface area (TPSA) is 47.6 Å². The number of hydrogen-bond donors (Lipinski definition) is 1. The maximum atomic E-state index is 13.5. The molecule has 0 saturated heterocycles. The van der Waals surface area contributed by atoms with Crippen LogP contribution in [-0.4, -0.2) is 25.7 Å². The average Bonchev–Trinajstić information content (AvgIpc) is 2.61. The molecule has 0 fully saturated rings. The SMILES string of the molecule is O=C(NCC/C=C/c1ccc2c(c1)OCCO2)c1ccccc1F. The first-order chi connectivity index (χ1) is 11.7. The molecule has 0 bridgehead atoms. The van der Waals surface area contributed by atoms with Gasteiger partial charge in [0.1, 0.15) is 19.0 Å². The van der Waals surface area contributed by atoms with Crippen molar-refractivity contribution >= 4 is 12.0 Å². The van der Waals surface area contributed by atoms with Crippen LogP contribution in [0.3, 0.4) is 0 Å². The highest BCUT2D eigenvalue weighted by Crippen LogP contribution is 2.31. The monoisotopic (exact) mass is 327 g/mol. The van der Waals surface area contributed by atoms with Crippen LogP contribution in [0.15, 0.2) is 48.5 Å². The van der Waals surface area contributed by atoms with Gasteiger partial charge in [0, 0.05) is 6.54 Å². The molecule has 5 heteroatoms. The van der Waals surface area contributed by atoms with E-state index < -0.39 is 11.7 Å². The zero-order valence-electron chi connectivity index (χ0n) is 13.1. The Hall–Kier alpha value is -2.82. The van der Waals surface area contributed by atoms with E-state index in [4.69, 9.17) is 9.47 Å². The van der Waals surface area contributed by atoms with Crippen LogP contribution in [-0.2, 0) is 0 Å². The highest BCUT2D eigenvalue weighted by Gasteiger charge is 2.11. The molecule has 1 heterocycles. The van der Waals surface area contributed by atoms with E-state index >= 15 is 0 Å². The van der Waals surface area contributed by atoms with E-state index in [1.807, 2.05) is 30.4 Å². The molecule has 1 aliphatic heterocycles. The summed E-state index contributed by atoms with van der Waals surface area (Å²) in [6.07, 6.45) is 4.55. The summed E-state index contributed by atoms with van der Waals surface area (Å²) in [6.45, 7) is 1.57. The lowest BCUT2D eigenvalue weighted by atomic mass is 10.1. The second kappa shape index (κ2) is 7.64. The summed E-state index contributed by atoms with van der Waals surface area (Å²) in [5, 5.41) is 2.70. The summed E-state index contributed by atoms with van der Waals surface area (Å²) >= 11 is 0. The highest BCUT2D eigenvalue weighted by molar-refractivity contribution is 5.94. The minimum Gasteiger partial charge on any atom is -0.486 e. The molecule has 1 amide bonds. The van der Waals surface area contributed by atoms with Gasteiger partial charge in [-0.3, -0.25) is 4.79 Å². The normalized spacial score (nSPS) is 13.0. The van der Waals surface area contributed by atoms with Crippen LogP contribution in [0.2, 0.25) is 0 Å². The molecule has 0 saturated carbocycles. The number of carbonyl (C=O) groups excluding carboxylic acids is 1. The first-order valence-electron chi connectivity index (χ1n) is 7.83. The van der Waals surface area contributed by atoms with Gasteiger partial charge in [-0.1, -0.05) is 30.4 Å². The second-order valence-corrected chi connectivity index (χ2v) is 5.33. The van der Waals surface area contributed by atoms with Gasteiger partial charge in [-0.15, -0.1) is 0 Å². The smallest absolute Gasteiger partial charge is 0.254 e. The molecule has 0 spiro atoms. The van der Waals surface area contributed by atoms with Gasteiger partial charge in [-0.05, 0) is 36.2 Å². The van der Waals surface area contributed by atoms with Crippen LogP contribution >= 0.6 is 0 Å². The van der Waals surface area contributed by atoms with Gasteiger partial charge in [0.05, 0.1) is 5.56 Å². The Labute approximate surface area is 139 Å². The van der Waals surface area contributed by atoms with E-state index in [1.54, 1.807) is 12.1 Å². The first kappa shape index (κ1) is 16.1. The molecule has 3 rings (SSSR count). The van der Waals surface area contributed by atoms with Crippen LogP contribution in [0, 0.1) is 5.82 Å². The first-order valence-corrected chi connectivity index (χ1v) is 7.83. The minimum atomic E-state index is -0.512. The molecule has 0 radical (unpaired) electrons. The Bertz CT molecular complexity index is 758. The number of fused-ring (bicyclic) bond motifs is 1. The summed E-state index contributed by atoms with van der Waals surface area (Å²) in [6, 6.07) is 11.7. The maximum absolute atomic E-state index is 13.5. The van der Waals surface area contributed by atoms with Gasteiger partial charge in [-0.25, -0.2) is 4.39 Å². The van der Waals surface area contributed by atoms with E-state index in [0.29, 0.717) is 26.2 Å². The summed E-state index contributed by atoms with van der Waals surface area (Å²) < 4.78 is 24.5. The third-order valence-electron chi connectivity index (χ3n) is 3.59. The van der Waals surface area contributed by atoms with Gasteiger partial charge >= 0.3 is 0 Å². The number of hydrogen-bond acceptors (Lipinski definition) is 3. The molecular formula is C19H18FNO3. The number of carbonyl (C=O) groups is 1. The van der Waals surface area contributed by atoms with Gasteiger partial charge in [0.25, 0.3) is 5.91 Å². The molecule has 124 valence electrons. The lowest BCUT2D eigenvalue weighted by Gasteiger charge is -2.18. The Morgan fingerprint density at radius 2 is 1.92 bits per heavy atom. The van der Waals surface area contributed by atoms with Gasteiger partial charge in [0.2, 0.25) is 0 Å². The van der Waals surface area contributed by atoms with Crippen molar-refractivity contribution in [3.05, 3.63) is 65.5 Å². The third kappa shape index (κ3) is 3.93. The Morgan fingerprint density at radius 1 is 1.12 bits per heavy atom. The fraction of sp³-hybridized carbons (Fsp3) is 0.211. The number of rotatable bonds is 5. The molecule has 2 aromatic carbocycles. The third-order valence-corrected chi connectivity index (χ3v) is 3.59. The Morgan fingerprint density at radius 3 is 2.75 bits per heavy atom. The van der Waals surface area contributed by atoms with Gasteiger partial charge in [0.15, 0.2) is 11.5 Å².